The Morgan fingerprint density at radius 3 is 2.96 bits per heavy atom. The van der Waals surface area contributed by atoms with E-state index in [9.17, 15) is 4.79 Å². The summed E-state index contributed by atoms with van der Waals surface area (Å²) in [5, 5.41) is 7.90. The third-order valence-electron chi connectivity index (χ3n) is 3.65. The Bertz CT molecular complexity index is 769. The zero-order valence-electron chi connectivity index (χ0n) is 12.9. The van der Waals surface area contributed by atoms with Crippen LogP contribution in [-0.2, 0) is 9.53 Å². The second-order valence-corrected chi connectivity index (χ2v) is 5.66. The molecule has 0 bridgehead atoms. The molecule has 3 rings (SSSR count). The van der Waals surface area contributed by atoms with Gasteiger partial charge in [-0.15, -0.1) is 0 Å². The van der Waals surface area contributed by atoms with E-state index in [4.69, 9.17) is 16.3 Å². The Balaban J connectivity index is 2.11. The smallest absolute Gasteiger partial charge is 0.338 e. The number of aromatic nitrogens is 3. The minimum Gasteiger partial charge on any atom is -0.462 e. The highest BCUT2D eigenvalue weighted by atomic mass is 35.5. The minimum atomic E-state index is -0.466. The second kappa shape index (κ2) is 6.42. The molecule has 0 radical (unpaired) electrons. The van der Waals surface area contributed by atoms with Crippen LogP contribution in [0.15, 0.2) is 41.9 Å². The molecule has 1 aromatic heterocycles. The number of hydrogen-bond acceptors (Lipinski definition) is 5. The van der Waals surface area contributed by atoms with Gasteiger partial charge in [0, 0.05) is 16.3 Å². The molecule has 0 fully saturated rings. The Morgan fingerprint density at radius 1 is 1.43 bits per heavy atom. The summed E-state index contributed by atoms with van der Waals surface area (Å²) in [7, 11) is 0. The van der Waals surface area contributed by atoms with Gasteiger partial charge < -0.3 is 10.1 Å². The van der Waals surface area contributed by atoms with Crippen molar-refractivity contribution in [1.29, 1.82) is 0 Å². The fraction of sp³-hybridized carbons (Fsp3) is 0.312. The number of carbonyl (C=O) groups excluding carboxylic acids is 1. The summed E-state index contributed by atoms with van der Waals surface area (Å²) in [6.07, 6.45) is 2.20. The lowest BCUT2D eigenvalue weighted by atomic mass is 9.96. The largest absolute Gasteiger partial charge is 0.462 e. The molecule has 0 saturated carbocycles. The van der Waals surface area contributed by atoms with Gasteiger partial charge in [0.15, 0.2) is 0 Å². The van der Waals surface area contributed by atoms with Crippen molar-refractivity contribution >= 4 is 23.5 Å². The molecule has 23 heavy (non-hydrogen) atoms. The van der Waals surface area contributed by atoms with Crippen LogP contribution in [-0.4, -0.2) is 27.3 Å². The van der Waals surface area contributed by atoms with Crippen molar-refractivity contribution in [3.8, 4) is 0 Å². The van der Waals surface area contributed by atoms with E-state index >= 15 is 0 Å². The van der Waals surface area contributed by atoms with Crippen LogP contribution in [0.4, 0.5) is 5.95 Å². The number of allylic oxidation sites excluding steroid dienone is 1. The number of anilines is 1. The van der Waals surface area contributed by atoms with Crippen LogP contribution in [0.25, 0.3) is 0 Å². The van der Waals surface area contributed by atoms with E-state index in [0.717, 1.165) is 12.0 Å². The molecule has 2 heterocycles. The third kappa shape index (κ3) is 2.82. The van der Waals surface area contributed by atoms with Crippen LogP contribution in [0.3, 0.4) is 0 Å². The number of carbonyl (C=O) groups is 1. The van der Waals surface area contributed by atoms with Gasteiger partial charge in [0.05, 0.1) is 12.2 Å². The standard InChI is InChI=1S/C16H17ClN4O2/c1-3-8-23-15(22)13-10(2)20-16-18-9-19-21(16)14(13)11-6-4-5-7-12(11)17/h4-7,9,14H,3,8H2,1-2H3,(H,18,19,20)/t14-/m1/s1. The van der Waals surface area contributed by atoms with Gasteiger partial charge in [-0.05, 0) is 19.4 Å². The number of hydrogen-bond donors (Lipinski definition) is 1. The Morgan fingerprint density at radius 2 is 2.22 bits per heavy atom. The Labute approximate surface area is 139 Å². The number of ether oxygens (including phenoxy) is 1. The molecule has 0 unspecified atom stereocenters. The van der Waals surface area contributed by atoms with E-state index in [-0.39, 0.29) is 5.97 Å². The number of rotatable bonds is 4. The minimum absolute atomic E-state index is 0.370. The Hall–Kier alpha value is -2.34. The highest BCUT2D eigenvalue weighted by Gasteiger charge is 2.35. The van der Waals surface area contributed by atoms with E-state index in [1.165, 1.54) is 6.33 Å². The molecule has 120 valence electrons. The zero-order valence-corrected chi connectivity index (χ0v) is 13.7. The monoisotopic (exact) mass is 332 g/mol. The molecule has 1 aromatic carbocycles. The van der Waals surface area contributed by atoms with Gasteiger partial charge in [-0.2, -0.15) is 10.1 Å². The second-order valence-electron chi connectivity index (χ2n) is 5.25. The predicted molar refractivity (Wildman–Crippen MR) is 87.2 cm³/mol. The number of benzene rings is 1. The van der Waals surface area contributed by atoms with Crippen molar-refractivity contribution in [2.75, 3.05) is 11.9 Å². The summed E-state index contributed by atoms with van der Waals surface area (Å²) in [6, 6.07) is 6.93. The zero-order chi connectivity index (χ0) is 16.4. The van der Waals surface area contributed by atoms with E-state index < -0.39 is 6.04 Å². The Kier molecular flexibility index (Phi) is 4.34. The van der Waals surface area contributed by atoms with Crippen molar-refractivity contribution in [2.24, 2.45) is 0 Å². The molecule has 6 nitrogen and oxygen atoms in total. The summed E-state index contributed by atoms with van der Waals surface area (Å²) >= 11 is 6.36. The van der Waals surface area contributed by atoms with Crippen molar-refractivity contribution in [3.63, 3.8) is 0 Å². The van der Waals surface area contributed by atoms with E-state index in [2.05, 4.69) is 15.4 Å². The maximum atomic E-state index is 12.6. The lowest BCUT2D eigenvalue weighted by Crippen LogP contribution is -2.30. The summed E-state index contributed by atoms with van der Waals surface area (Å²) in [5.74, 6) is 0.197. The van der Waals surface area contributed by atoms with Crippen LogP contribution < -0.4 is 5.32 Å². The number of halogens is 1. The molecule has 0 saturated heterocycles. The van der Waals surface area contributed by atoms with Crippen LogP contribution in [0.5, 0.6) is 0 Å². The maximum absolute atomic E-state index is 12.6. The number of fused-ring (bicyclic) bond motifs is 1. The van der Waals surface area contributed by atoms with Crippen molar-refractivity contribution in [1.82, 2.24) is 14.8 Å². The average Bonchev–Trinajstić information content (AvgIpc) is 3.00. The normalized spacial score (nSPS) is 16.7. The first-order valence-corrected chi connectivity index (χ1v) is 7.80. The third-order valence-corrected chi connectivity index (χ3v) is 4.00. The molecular weight excluding hydrogens is 316 g/mol. The fourth-order valence-corrected chi connectivity index (χ4v) is 2.85. The quantitative estimate of drug-likeness (QED) is 0.871. The predicted octanol–water partition coefficient (Wildman–Crippen LogP) is 3.17. The van der Waals surface area contributed by atoms with Gasteiger partial charge in [0.2, 0.25) is 5.95 Å². The number of esters is 1. The molecule has 0 spiro atoms. The van der Waals surface area contributed by atoms with Gasteiger partial charge in [-0.1, -0.05) is 36.7 Å². The maximum Gasteiger partial charge on any atom is 0.338 e. The summed E-state index contributed by atoms with van der Waals surface area (Å²) in [4.78, 5) is 16.7. The fourth-order valence-electron chi connectivity index (χ4n) is 2.61. The van der Waals surface area contributed by atoms with Gasteiger partial charge in [-0.25, -0.2) is 9.48 Å². The first-order valence-electron chi connectivity index (χ1n) is 7.42. The van der Waals surface area contributed by atoms with Gasteiger partial charge in [-0.3, -0.25) is 0 Å². The summed E-state index contributed by atoms with van der Waals surface area (Å²) in [5.41, 5.74) is 1.96. The summed E-state index contributed by atoms with van der Waals surface area (Å²) < 4.78 is 6.99. The van der Waals surface area contributed by atoms with E-state index in [1.54, 1.807) is 10.7 Å². The molecule has 0 aliphatic carbocycles. The summed E-state index contributed by atoms with van der Waals surface area (Å²) in [6.45, 7) is 4.15. The van der Waals surface area contributed by atoms with Crippen LogP contribution >= 0.6 is 11.6 Å². The molecule has 0 amide bonds. The SMILES string of the molecule is CCCOC(=O)C1=C(C)Nc2ncnn2[C@@H]1c1ccccc1Cl. The molecule has 1 aliphatic rings. The van der Waals surface area contributed by atoms with Crippen LogP contribution in [0.1, 0.15) is 31.9 Å². The van der Waals surface area contributed by atoms with Crippen molar-refractivity contribution < 1.29 is 9.53 Å². The highest BCUT2D eigenvalue weighted by Crippen LogP contribution is 2.37. The molecule has 1 N–H and O–H groups in total. The van der Waals surface area contributed by atoms with Crippen molar-refractivity contribution in [3.05, 3.63) is 52.4 Å². The lowest BCUT2D eigenvalue weighted by Gasteiger charge is -2.28. The first-order chi connectivity index (χ1) is 11.1. The van der Waals surface area contributed by atoms with Gasteiger partial charge in [0.25, 0.3) is 0 Å². The van der Waals surface area contributed by atoms with Gasteiger partial charge in [0.1, 0.15) is 12.4 Å². The molecule has 1 atom stereocenters. The lowest BCUT2D eigenvalue weighted by molar-refractivity contribution is -0.139. The van der Waals surface area contributed by atoms with Gasteiger partial charge >= 0.3 is 5.97 Å². The molecular formula is C16H17ClN4O2. The highest BCUT2D eigenvalue weighted by molar-refractivity contribution is 6.31. The van der Waals surface area contributed by atoms with Crippen LogP contribution in [0, 0.1) is 0 Å². The number of nitrogens with zero attached hydrogens (tertiary/aromatic N) is 3. The van der Waals surface area contributed by atoms with Crippen molar-refractivity contribution in [2.45, 2.75) is 26.3 Å². The average molecular weight is 333 g/mol. The molecule has 1 aliphatic heterocycles. The first kappa shape index (κ1) is 15.6. The number of nitrogens with one attached hydrogen (secondary N) is 1. The molecule has 7 heteroatoms. The van der Waals surface area contributed by atoms with E-state index in [1.807, 2.05) is 32.0 Å². The topological polar surface area (TPSA) is 69.0 Å². The molecule has 2 aromatic rings. The van der Waals surface area contributed by atoms with Crippen LogP contribution in [0.2, 0.25) is 5.02 Å². The van der Waals surface area contributed by atoms with E-state index in [0.29, 0.717) is 28.8 Å².